The monoisotopic (exact) mass is 348 g/mol. The van der Waals surface area contributed by atoms with Crippen LogP contribution >= 0.6 is 0 Å². The molecule has 2 aliphatic heterocycles. The van der Waals surface area contributed by atoms with E-state index in [0.29, 0.717) is 37.6 Å². The fourth-order valence-electron chi connectivity index (χ4n) is 4.18. The van der Waals surface area contributed by atoms with Crippen molar-refractivity contribution in [2.24, 2.45) is 5.41 Å². The number of amides is 2. The van der Waals surface area contributed by atoms with Crippen LogP contribution in [-0.4, -0.2) is 61.5 Å². The number of rotatable bonds is 4. The van der Waals surface area contributed by atoms with E-state index in [2.05, 4.69) is 0 Å². The highest BCUT2D eigenvalue weighted by molar-refractivity contribution is 5.95. The lowest BCUT2D eigenvalue weighted by atomic mass is 9.79. The average molecular weight is 348 g/mol. The van der Waals surface area contributed by atoms with Crippen LogP contribution in [0.1, 0.15) is 47.6 Å². The third-order valence-corrected chi connectivity index (χ3v) is 5.67. The molecule has 1 aromatic rings. The summed E-state index contributed by atoms with van der Waals surface area (Å²) in [6, 6.07) is 1.81. The smallest absolute Gasteiger partial charge is 0.257 e. The normalized spacial score (nSPS) is 24.2. The lowest BCUT2D eigenvalue weighted by molar-refractivity contribution is -0.137. The zero-order valence-corrected chi connectivity index (χ0v) is 15.5. The molecule has 0 unspecified atom stereocenters. The van der Waals surface area contributed by atoms with Crippen LogP contribution in [0, 0.1) is 19.3 Å². The second kappa shape index (κ2) is 7.20. The van der Waals surface area contributed by atoms with Gasteiger partial charge >= 0.3 is 0 Å². The van der Waals surface area contributed by atoms with E-state index >= 15 is 0 Å². The molecular formula is C19H28N2O4. The number of nitrogens with zero attached hydrogens (tertiary/aromatic N) is 2. The summed E-state index contributed by atoms with van der Waals surface area (Å²) >= 11 is 0. The first-order valence-corrected chi connectivity index (χ1v) is 9.11. The lowest BCUT2D eigenvalue weighted by Gasteiger charge is -2.26. The Morgan fingerprint density at radius 2 is 2.00 bits per heavy atom. The molecule has 2 fully saturated rings. The summed E-state index contributed by atoms with van der Waals surface area (Å²) in [6.07, 6.45) is 3.37. The highest BCUT2D eigenvalue weighted by atomic mass is 16.5. The molecule has 1 aromatic heterocycles. The largest absolute Gasteiger partial charge is 0.466 e. The van der Waals surface area contributed by atoms with Crippen molar-refractivity contribution in [3.63, 3.8) is 0 Å². The zero-order chi connectivity index (χ0) is 18.0. The van der Waals surface area contributed by atoms with Gasteiger partial charge in [0.25, 0.3) is 5.91 Å². The molecule has 1 atom stereocenters. The number of hydrogen-bond donors (Lipinski definition) is 0. The molecule has 2 amide bonds. The Bertz CT molecular complexity index is 654. The molecule has 0 radical (unpaired) electrons. The van der Waals surface area contributed by atoms with E-state index in [-0.39, 0.29) is 17.2 Å². The predicted molar refractivity (Wildman–Crippen MR) is 93.4 cm³/mol. The van der Waals surface area contributed by atoms with Crippen molar-refractivity contribution in [1.82, 2.24) is 9.80 Å². The van der Waals surface area contributed by atoms with Gasteiger partial charge in [0.1, 0.15) is 11.5 Å². The Morgan fingerprint density at radius 3 is 2.68 bits per heavy atom. The van der Waals surface area contributed by atoms with E-state index in [1.54, 1.807) is 7.11 Å². The van der Waals surface area contributed by atoms with Crippen molar-refractivity contribution in [2.75, 3.05) is 39.9 Å². The van der Waals surface area contributed by atoms with Gasteiger partial charge in [-0.05, 0) is 45.6 Å². The summed E-state index contributed by atoms with van der Waals surface area (Å²) in [6.45, 7) is 7.05. The summed E-state index contributed by atoms with van der Waals surface area (Å²) in [5.41, 5.74) is 0.359. The first-order chi connectivity index (χ1) is 12.0. The van der Waals surface area contributed by atoms with Crippen LogP contribution < -0.4 is 0 Å². The molecule has 6 nitrogen and oxygen atoms in total. The van der Waals surface area contributed by atoms with Crippen LogP contribution in [0.15, 0.2) is 10.5 Å². The standard InChI is InChI=1S/C19H28N2O4/c1-14-13-16(15(2)25-14)17(22)20-8-4-5-19(6-9-20)7-10-21(18(19)23)11-12-24-3/h13H,4-12H2,1-3H3/t19-/m1/s1. The lowest BCUT2D eigenvalue weighted by Crippen LogP contribution is -2.37. The van der Waals surface area contributed by atoms with Crippen LogP contribution in [0.25, 0.3) is 0 Å². The number of aryl methyl sites for hydroxylation is 2. The summed E-state index contributed by atoms with van der Waals surface area (Å²) in [4.78, 5) is 29.5. The topological polar surface area (TPSA) is 63.0 Å². The number of methoxy groups -OCH3 is 1. The number of furan rings is 1. The minimum absolute atomic E-state index is 0.0214. The Kier molecular flexibility index (Phi) is 5.18. The van der Waals surface area contributed by atoms with Gasteiger partial charge in [-0.3, -0.25) is 9.59 Å². The van der Waals surface area contributed by atoms with E-state index < -0.39 is 0 Å². The summed E-state index contributed by atoms with van der Waals surface area (Å²) < 4.78 is 10.6. The number of carbonyl (C=O) groups is 2. The molecule has 0 aromatic carbocycles. The molecule has 2 saturated heterocycles. The Labute approximate surface area is 149 Å². The Hall–Kier alpha value is -1.82. The van der Waals surface area contributed by atoms with Gasteiger partial charge in [0.05, 0.1) is 17.6 Å². The van der Waals surface area contributed by atoms with E-state index in [1.807, 2.05) is 29.7 Å². The average Bonchev–Trinajstić information content (AvgIpc) is 2.98. The highest BCUT2D eigenvalue weighted by Crippen LogP contribution is 2.41. The van der Waals surface area contributed by atoms with Crippen molar-refractivity contribution in [3.8, 4) is 0 Å². The minimum Gasteiger partial charge on any atom is -0.466 e. The van der Waals surface area contributed by atoms with Gasteiger partial charge in [-0.15, -0.1) is 0 Å². The van der Waals surface area contributed by atoms with Gasteiger partial charge in [-0.25, -0.2) is 0 Å². The second-order valence-corrected chi connectivity index (χ2v) is 7.29. The maximum absolute atomic E-state index is 12.9. The number of carbonyl (C=O) groups excluding carboxylic acids is 2. The van der Waals surface area contributed by atoms with E-state index in [1.165, 1.54) is 0 Å². The molecule has 138 valence electrons. The quantitative estimate of drug-likeness (QED) is 0.838. The minimum atomic E-state index is -0.288. The molecule has 0 bridgehead atoms. The van der Waals surface area contributed by atoms with Gasteiger partial charge in [0.2, 0.25) is 5.91 Å². The second-order valence-electron chi connectivity index (χ2n) is 7.29. The summed E-state index contributed by atoms with van der Waals surface area (Å²) in [7, 11) is 1.66. The molecule has 0 aliphatic carbocycles. The van der Waals surface area contributed by atoms with Crippen molar-refractivity contribution >= 4 is 11.8 Å². The Balaban J connectivity index is 1.67. The van der Waals surface area contributed by atoms with Crippen molar-refractivity contribution in [2.45, 2.75) is 39.5 Å². The number of hydrogen-bond acceptors (Lipinski definition) is 4. The molecule has 0 N–H and O–H groups in total. The van der Waals surface area contributed by atoms with E-state index in [0.717, 1.165) is 38.0 Å². The fraction of sp³-hybridized carbons (Fsp3) is 0.684. The van der Waals surface area contributed by atoms with Crippen LogP contribution in [0.2, 0.25) is 0 Å². The maximum atomic E-state index is 12.9. The van der Waals surface area contributed by atoms with Crippen LogP contribution in [0.4, 0.5) is 0 Å². The fourth-order valence-corrected chi connectivity index (χ4v) is 4.18. The van der Waals surface area contributed by atoms with Gasteiger partial charge < -0.3 is 19.0 Å². The van der Waals surface area contributed by atoms with Gasteiger partial charge in [0, 0.05) is 33.3 Å². The third kappa shape index (κ3) is 3.45. The first-order valence-electron chi connectivity index (χ1n) is 9.11. The summed E-state index contributed by atoms with van der Waals surface area (Å²) in [5.74, 6) is 1.69. The van der Waals surface area contributed by atoms with E-state index in [4.69, 9.17) is 9.15 Å². The maximum Gasteiger partial charge on any atom is 0.257 e. The van der Waals surface area contributed by atoms with Crippen LogP contribution in [0.5, 0.6) is 0 Å². The van der Waals surface area contributed by atoms with Crippen molar-refractivity contribution in [3.05, 3.63) is 23.2 Å². The molecule has 3 rings (SSSR count). The molecule has 25 heavy (non-hydrogen) atoms. The molecule has 3 heterocycles. The SMILES string of the molecule is COCCN1CC[C@]2(CCCN(C(=O)c3cc(C)oc3C)CC2)C1=O. The molecular weight excluding hydrogens is 320 g/mol. The van der Waals surface area contributed by atoms with Gasteiger partial charge in [-0.2, -0.15) is 0 Å². The number of likely N-dealkylation sites (tertiary alicyclic amines) is 2. The van der Waals surface area contributed by atoms with Crippen LogP contribution in [-0.2, 0) is 9.53 Å². The highest BCUT2D eigenvalue weighted by Gasteiger charge is 2.47. The zero-order valence-electron chi connectivity index (χ0n) is 15.5. The molecule has 1 spiro atoms. The van der Waals surface area contributed by atoms with Gasteiger partial charge in [-0.1, -0.05) is 0 Å². The molecule has 6 heteroatoms. The predicted octanol–water partition coefficient (Wildman–Crippen LogP) is 2.39. The van der Waals surface area contributed by atoms with E-state index in [9.17, 15) is 9.59 Å². The Morgan fingerprint density at radius 1 is 1.24 bits per heavy atom. The summed E-state index contributed by atoms with van der Waals surface area (Å²) in [5, 5.41) is 0. The number of ether oxygens (including phenoxy) is 1. The van der Waals surface area contributed by atoms with Gasteiger partial charge in [0.15, 0.2) is 0 Å². The molecule has 0 saturated carbocycles. The van der Waals surface area contributed by atoms with Crippen LogP contribution in [0.3, 0.4) is 0 Å². The van der Waals surface area contributed by atoms with Crippen molar-refractivity contribution in [1.29, 1.82) is 0 Å². The third-order valence-electron chi connectivity index (χ3n) is 5.67. The van der Waals surface area contributed by atoms with Crippen molar-refractivity contribution < 1.29 is 18.7 Å². The first kappa shape index (κ1) is 18.0. The molecule has 2 aliphatic rings.